The monoisotopic (exact) mass is 254 g/mol. The number of aryl methyl sites for hydroxylation is 2. The van der Waals surface area contributed by atoms with Gasteiger partial charge in [-0.15, -0.1) is 0 Å². The molecule has 0 aliphatic heterocycles. The van der Waals surface area contributed by atoms with Crippen LogP contribution in [0, 0.1) is 11.3 Å². The largest absolute Gasteiger partial charge is 0.285 e. The third-order valence-corrected chi connectivity index (χ3v) is 3.25. The standard InChI is InChI=1S/C12H19ClN4/c1-4-10-12(13)11(17(6-3)15-10)9-16(5-2)8-7-14/h4-6,8-9H2,1-3H3. The van der Waals surface area contributed by atoms with Crippen LogP contribution in [0.4, 0.5) is 0 Å². The molecule has 0 aliphatic rings. The number of rotatable bonds is 6. The Labute approximate surface area is 108 Å². The van der Waals surface area contributed by atoms with E-state index in [2.05, 4.69) is 16.1 Å². The molecule has 1 aromatic rings. The molecular weight excluding hydrogens is 236 g/mol. The van der Waals surface area contributed by atoms with Gasteiger partial charge in [0.1, 0.15) is 0 Å². The van der Waals surface area contributed by atoms with Crippen molar-refractivity contribution in [1.82, 2.24) is 14.7 Å². The third-order valence-electron chi connectivity index (χ3n) is 2.81. The van der Waals surface area contributed by atoms with Crippen molar-refractivity contribution in [2.24, 2.45) is 0 Å². The molecule has 1 rings (SSSR count). The first kappa shape index (κ1) is 14.0. The SMILES string of the molecule is CCc1nn(CC)c(CN(CC)CC#N)c1Cl. The number of nitrogens with zero attached hydrogens (tertiary/aromatic N) is 4. The van der Waals surface area contributed by atoms with Crippen LogP contribution in [0.15, 0.2) is 0 Å². The first-order valence-corrected chi connectivity index (χ1v) is 6.38. The molecule has 0 fully saturated rings. The Hall–Kier alpha value is -1.05. The topological polar surface area (TPSA) is 44.9 Å². The van der Waals surface area contributed by atoms with Crippen LogP contribution in [0.25, 0.3) is 0 Å². The van der Waals surface area contributed by atoms with Gasteiger partial charge in [-0.05, 0) is 19.9 Å². The van der Waals surface area contributed by atoms with Crippen molar-refractivity contribution in [1.29, 1.82) is 5.26 Å². The Morgan fingerprint density at radius 2 is 2.12 bits per heavy atom. The molecule has 17 heavy (non-hydrogen) atoms. The van der Waals surface area contributed by atoms with E-state index in [0.29, 0.717) is 13.1 Å². The molecule has 0 bridgehead atoms. The van der Waals surface area contributed by atoms with Crippen LogP contribution in [0.2, 0.25) is 5.02 Å². The number of hydrogen-bond donors (Lipinski definition) is 0. The molecule has 0 saturated heterocycles. The van der Waals surface area contributed by atoms with Crippen LogP contribution in [0.1, 0.15) is 32.2 Å². The van der Waals surface area contributed by atoms with Crippen LogP contribution in [-0.2, 0) is 19.5 Å². The number of halogens is 1. The third kappa shape index (κ3) is 3.21. The van der Waals surface area contributed by atoms with Gasteiger partial charge in [-0.25, -0.2) is 0 Å². The van der Waals surface area contributed by atoms with Crippen molar-refractivity contribution >= 4 is 11.6 Å². The summed E-state index contributed by atoms with van der Waals surface area (Å²) in [5.74, 6) is 0. The quantitative estimate of drug-likeness (QED) is 0.733. The molecule has 0 saturated carbocycles. The lowest BCUT2D eigenvalue weighted by Gasteiger charge is -2.17. The minimum Gasteiger partial charge on any atom is -0.285 e. The van der Waals surface area contributed by atoms with Crippen molar-refractivity contribution in [3.63, 3.8) is 0 Å². The van der Waals surface area contributed by atoms with E-state index in [1.54, 1.807) is 0 Å². The van der Waals surface area contributed by atoms with Gasteiger partial charge in [0.05, 0.1) is 29.0 Å². The number of aromatic nitrogens is 2. The summed E-state index contributed by atoms with van der Waals surface area (Å²) in [7, 11) is 0. The predicted octanol–water partition coefficient (Wildman–Crippen LogP) is 2.46. The highest BCUT2D eigenvalue weighted by Gasteiger charge is 2.16. The minimum absolute atomic E-state index is 0.420. The molecule has 0 N–H and O–H groups in total. The summed E-state index contributed by atoms with van der Waals surface area (Å²) >= 11 is 6.32. The molecule has 1 aromatic heterocycles. The van der Waals surface area contributed by atoms with E-state index in [4.69, 9.17) is 16.9 Å². The summed E-state index contributed by atoms with van der Waals surface area (Å²) < 4.78 is 1.93. The van der Waals surface area contributed by atoms with Crippen molar-refractivity contribution in [2.45, 2.75) is 40.3 Å². The molecule has 1 heterocycles. The zero-order chi connectivity index (χ0) is 12.8. The highest BCUT2D eigenvalue weighted by atomic mass is 35.5. The zero-order valence-corrected chi connectivity index (χ0v) is 11.5. The van der Waals surface area contributed by atoms with E-state index in [1.165, 1.54) is 0 Å². The van der Waals surface area contributed by atoms with Gasteiger partial charge in [-0.2, -0.15) is 10.4 Å². The molecule has 5 heteroatoms. The van der Waals surface area contributed by atoms with Gasteiger partial charge in [0.25, 0.3) is 0 Å². The van der Waals surface area contributed by atoms with Crippen molar-refractivity contribution in [2.75, 3.05) is 13.1 Å². The zero-order valence-electron chi connectivity index (χ0n) is 10.7. The summed E-state index contributed by atoms with van der Waals surface area (Å²) in [5, 5.41) is 14.0. The molecule has 0 spiro atoms. The van der Waals surface area contributed by atoms with Crippen LogP contribution < -0.4 is 0 Å². The normalized spacial score (nSPS) is 10.8. The van der Waals surface area contributed by atoms with Gasteiger partial charge in [-0.1, -0.05) is 25.4 Å². The van der Waals surface area contributed by atoms with E-state index < -0.39 is 0 Å². The summed E-state index contributed by atoms with van der Waals surface area (Å²) in [4.78, 5) is 2.05. The van der Waals surface area contributed by atoms with E-state index in [-0.39, 0.29) is 0 Å². The van der Waals surface area contributed by atoms with Crippen LogP contribution in [0.3, 0.4) is 0 Å². The average molecular weight is 255 g/mol. The maximum absolute atomic E-state index is 8.75. The molecule has 0 atom stereocenters. The van der Waals surface area contributed by atoms with E-state index in [9.17, 15) is 0 Å². The fraction of sp³-hybridized carbons (Fsp3) is 0.667. The molecule has 4 nitrogen and oxygen atoms in total. The lowest BCUT2D eigenvalue weighted by atomic mass is 10.3. The first-order chi connectivity index (χ1) is 8.17. The molecule has 0 amide bonds. The van der Waals surface area contributed by atoms with Crippen LogP contribution in [0.5, 0.6) is 0 Å². The highest BCUT2D eigenvalue weighted by molar-refractivity contribution is 6.31. The fourth-order valence-electron chi connectivity index (χ4n) is 1.76. The van der Waals surface area contributed by atoms with Gasteiger partial charge in [0.15, 0.2) is 0 Å². The highest BCUT2D eigenvalue weighted by Crippen LogP contribution is 2.22. The lowest BCUT2D eigenvalue weighted by molar-refractivity contribution is 0.303. The molecule has 0 radical (unpaired) electrons. The first-order valence-electron chi connectivity index (χ1n) is 6.01. The second-order valence-corrected chi connectivity index (χ2v) is 4.22. The number of hydrogen-bond acceptors (Lipinski definition) is 3. The smallest absolute Gasteiger partial charge is 0.0869 e. The fourth-order valence-corrected chi connectivity index (χ4v) is 2.09. The second-order valence-electron chi connectivity index (χ2n) is 3.84. The summed E-state index contributed by atoms with van der Waals surface area (Å²) in [6.45, 7) is 8.88. The van der Waals surface area contributed by atoms with E-state index in [1.807, 2.05) is 25.5 Å². The summed E-state index contributed by atoms with van der Waals surface area (Å²) in [6.07, 6.45) is 0.837. The molecular formula is C12H19ClN4. The lowest BCUT2D eigenvalue weighted by Crippen LogP contribution is -2.24. The summed E-state index contributed by atoms with van der Waals surface area (Å²) in [5.41, 5.74) is 1.96. The Balaban J connectivity index is 2.96. The van der Waals surface area contributed by atoms with Gasteiger partial charge in [0, 0.05) is 13.1 Å². The molecule has 94 valence electrons. The molecule has 0 unspecified atom stereocenters. The molecule has 0 aliphatic carbocycles. The van der Waals surface area contributed by atoms with E-state index >= 15 is 0 Å². The number of nitriles is 1. The average Bonchev–Trinajstić information content (AvgIpc) is 2.65. The Bertz CT molecular complexity index is 405. The maximum atomic E-state index is 8.75. The second kappa shape index (κ2) is 6.63. The predicted molar refractivity (Wildman–Crippen MR) is 68.9 cm³/mol. The Kier molecular flexibility index (Phi) is 5.46. The van der Waals surface area contributed by atoms with E-state index in [0.717, 1.165) is 35.9 Å². The summed E-state index contributed by atoms with van der Waals surface area (Å²) in [6, 6.07) is 2.17. The Morgan fingerprint density at radius 1 is 1.41 bits per heavy atom. The van der Waals surface area contributed by atoms with Crippen LogP contribution >= 0.6 is 11.6 Å². The Morgan fingerprint density at radius 3 is 2.59 bits per heavy atom. The molecule has 0 aromatic carbocycles. The maximum Gasteiger partial charge on any atom is 0.0869 e. The van der Waals surface area contributed by atoms with Crippen LogP contribution in [-0.4, -0.2) is 27.8 Å². The van der Waals surface area contributed by atoms with Gasteiger partial charge >= 0.3 is 0 Å². The van der Waals surface area contributed by atoms with Crippen molar-refractivity contribution in [3.8, 4) is 6.07 Å². The van der Waals surface area contributed by atoms with Crippen molar-refractivity contribution in [3.05, 3.63) is 16.4 Å². The minimum atomic E-state index is 0.420. The van der Waals surface area contributed by atoms with Crippen molar-refractivity contribution < 1.29 is 0 Å². The van der Waals surface area contributed by atoms with Gasteiger partial charge in [0.2, 0.25) is 0 Å². The van der Waals surface area contributed by atoms with Gasteiger partial charge < -0.3 is 0 Å². The van der Waals surface area contributed by atoms with Gasteiger partial charge in [-0.3, -0.25) is 9.58 Å².